The van der Waals surface area contributed by atoms with E-state index >= 15 is 0 Å². The van der Waals surface area contributed by atoms with Crippen LogP contribution in [0.1, 0.15) is 21.7 Å². The minimum Gasteiger partial charge on any atom is -0.478 e. The molecule has 1 aromatic carbocycles. The van der Waals surface area contributed by atoms with Crippen LogP contribution in [0.2, 0.25) is 0 Å². The number of hydrogen-bond donors (Lipinski definition) is 1. The number of benzene rings is 1. The Hall–Kier alpha value is -1.47. The number of rotatable bonds is 3. The number of nitrogens with zero attached hydrogens (tertiary/aromatic N) is 2. The number of aromatic nitrogens is 2. The van der Waals surface area contributed by atoms with E-state index in [0.29, 0.717) is 21.3 Å². The maximum Gasteiger partial charge on any atom is 0.335 e. The van der Waals surface area contributed by atoms with Gasteiger partial charge in [0.15, 0.2) is 0 Å². The van der Waals surface area contributed by atoms with E-state index in [2.05, 4.69) is 36.8 Å². The van der Waals surface area contributed by atoms with Crippen LogP contribution >= 0.6 is 31.9 Å². The molecule has 0 bridgehead atoms. The average molecular weight is 402 g/mol. The zero-order valence-corrected chi connectivity index (χ0v) is 13.6. The zero-order chi connectivity index (χ0) is 14.9. The van der Waals surface area contributed by atoms with Gasteiger partial charge in [-0.2, -0.15) is 0 Å². The first kappa shape index (κ1) is 14.9. The number of carbonyl (C=O) groups is 1. The van der Waals surface area contributed by atoms with Crippen molar-refractivity contribution in [1.29, 1.82) is 0 Å². The minimum absolute atomic E-state index is 0.174. The molecule has 0 aliphatic rings. The molecule has 0 aliphatic carbocycles. The highest BCUT2D eigenvalue weighted by Crippen LogP contribution is 2.20. The Kier molecular flexibility index (Phi) is 4.39. The molecule has 0 amide bonds. The highest BCUT2D eigenvalue weighted by atomic mass is 79.9. The second-order valence-corrected chi connectivity index (χ2v) is 5.86. The van der Waals surface area contributed by atoms with Crippen LogP contribution in [0.5, 0.6) is 0 Å². The maximum atomic E-state index is 12.0. The number of aryl methyl sites for hydroxylation is 1. The fourth-order valence-corrected chi connectivity index (χ4v) is 2.54. The van der Waals surface area contributed by atoms with Crippen molar-refractivity contribution in [2.24, 2.45) is 0 Å². The SMILES string of the molecule is Cc1ncc(Br)c(=O)n1Cc1ccc(C(=O)O)cc1Br. The molecule has 7 heteroatoms. The minimum atomic E-state index is -0.991. The van der Waals surface area contributed by atoms with E-state index in [-0.39, 0.29) is 11.1 Å². The predicted molar refractivity (Wildman–Crippen MR) is 81.1 cm³/mol. The quantitative estimate of drug-likeness (QED) is 0.858. The number of halogens is 2. The molecule has 20 heavy (non-hydrogen) atoms. The van der Waals surface area contributed by atoms with E-state index in [1.165, 1.54) is 22.9 Å². The standard InChI is InChI=1S/C13H10Br2N2O3/c1-7-16-5-11(15)12(18)17(7)6-9-3-2-8(13(19)20)4-10(9)14/h2-5H,6H2,1H3,(H,19,20). The van der Waals surface area contributed by atoms with Crippen LogP contribution < -0.4 is 5.56 Å². The van der Waals surface area contributed by atoms with Crippen molar-refractivity contribution in [2.75, 3.05) is 0 Å². The number of carboxylic acids is 1. The van der Waals surface area contributed by atoms with Crippen molar-refractivity contribution in [3.05, 3.63) is 60.6 Å². The number of aromatic carboxylic acids is 1. The normalized spacial score (nSPS) is 10.6. The third kappa shape index (κ3) is 2.99. The first-order valence-corrected chi connectivity index (χ1v) is 7.22. The summed E-state index contributed by atoms with van der Waals surface area (Å²) >= 11 is 6.49. The molecule has 0 aliphatic heterocycles. The van der Waals surface area contributed by atoms with Gasteiger partial charge in [-0.15, -0.1) is 0 Å². The molecular formula is C13H10Br2N2O3. The van der Waals surface area contributed by atoms with Crippen LogP contribution in [0.25, 0.3) is 0 Å². The molecule has 1 aromatic heterocycles. The van der Waals surface area contributed by atoms with Crippen molar-refractivity contribution in [1.82, 2.24) is 9.55 Å². The molecule has 2 rings (SSSR count). The summed E-state index contributed by atoms with van der Waals surface area (Å²) in [7, 11) is 0. The van der Waals surface area contributed by atoms with Crippen LogP contribution in [0.4, 0.5) is 0 Å². The van der Waals surface area contributed by atoms with Gasteiger partial charge in [-0.1, -0.05) is 22.0 Å². The van der Waals surface area contributed by atoms with Gasteiger partial charge >= 0.3 is 5.97 Å². The van der Waals surface area contributed by atoms with Gasteiger partial charge in [0, 0.05) is 10.7 Å². The Morgan fingerprint density at radius 3 is 2.65 bits per heavy atom. The van der Waals surface area contributed by atoms with Gasteiger partial charge < -0.3 is 5.11 Å². The van der Waals surface area contributed by atoms with E-state index in [4.69, 9.17) is 5.11 Å². The summed E-state index contributed by atoms with van der Waals surface area (Å²) < 4.78 is 2.55. The highest BCUT2D eigenvalue weighted by Gasteiger charge is 2.10. The second-order valence-electron chi connectivity index (χ2n) is 4.16. The molecule has 0 fully saturated rings. The van der Waals surface area contributed by atoms with Crippen LogP contribution in [0, 0.1) is 6.92 Å². The molecule has 2 aromatic rings. The zero-order valence-electron chi connectivity index (χ0n) is 10.4. The molecule has 0 radical (unpaired) electrons. The lowest BCUT2D eigenvalue weighted by atomic mass is 10.1. The fourth-order valence-electron chi connectivity index (χ4n) is 1.72. The molecular weight excluding hydrogens is 392 g/mol. The summed E-state index contributed by atoms with van der Waals surface area (Å²) in [4.78, 5) is 27.0. The molecule has 104 valence electrons. The molecule has 0 spiro atoms. The van der Waals surface area contributed by atoms with Gasteiger partial charge in [0.25, 0.3) is 5.56 Å². The predicted octanol–water partition coefficient (Wildman–Crippen LogP) is 2.82. The Bertz CT molecular complexity index is 741. The van der Waals surface area contributed by atoms with Crippen molar-refractivity contribution < 1.29 is 9.90 Å². The van der Waals surface area contributed by atoms with Crippen LogP contribution in [-0.2, 0) is 6.54 Å². The highest BCUT2D eigenvalue weighted by molar-refractivity contribution is 9.10. The number of carboxylic acid groups (broad SMARTS) is 1. The summed E-state index contributed by atoms with van der Waals surface area (Å²) in [5.74, 6) is -0.401. The molecule has 5 nitrogen and oxygen atoms in total. The largest absolute Gasteiger partial charge is 0.478 e. The van der Waals surface area contributed by atoms with Gasteiger partial charge in [0.2, 0.25) is 0 Å². The van der Waals surface area contributed by atoms with Crippen molar-refractivity contribution in [3.8, 4) is 0 Å². The Morgan fingerprint density at radius 1 is 1.35 bits per heavy atom. The molecule has 0 saturated carbocycles. The average Bonchev–Trinajstić information content (AvgIpc) is 2.40. The summed E-state index contributed by atoms with van der Waals surface area (Å²) in [6.07, 6.45) is 1.47. The van der Waals surface area contributed by atoms with Gasteiger partial charge in [-0.3, -0.25) is 9.36 Å². The second kappa shape index (κ2) is 5.88. The van der Waals surface area contributed by atoms with Gasteiger partial charge in [-0.25, -0.2) is 9.78 Å². The lowest BCUT2D eigenvalue weighted by Crippen LogP contribution is -2.24. The van der Waals surface area contributed by atoms with E-state index < -0.39 is 5.97 Å². The van der Waals surface area contributed by atoms with E-state index in [1.807, 2.05) is 0 Å². The molecule has 0 unspecified atom stereocenters. The fraction of sp³-hybridized carbons (Fsp3) is 0.154. The van der Waals surface area contributed by atoms with Crippen LogP contribution in [-0.4, -0.2) is 20.6 Å². The van der Waals surface area contributed by atoms with Gasteiger partial charge in [0.05, 0.1) is 12.1 Å². The molecule has 0 saturated heterocycles. The summed E-state index contributed by atoms with van der Waals surface area (Å²) in [5, 5.41) is 8.92. The van der Waals surface area contributed by atoms with Crippen LogP contribution in [0.15, 0.2) is 38.1 Å². The van der Waals surface area contributed by atoms with E-state index in [1.54, 1.807) is 13.0 Å². The van der Waals surface area contributed by atoms with Crippen molar-refractivity contribution in [3.63, 3.8) is 0 Å². The first-order valence-electron chi connectivity index (χ1n) is 5.64. The lowest BCUT2D eigenvalue weighted by molar-refractivity contribution is 0.0697. The smallest absolute Gasteiger partial charge is 0.335 e. The lowest BCUT2D eigenvalue weighted by Gasteiger charge is -2.11. The molecule has 0 atom stereocenters. The van der Waals surface area contributed by atoms with Crippen LogP contribution in [0.3, 0.4) is 0 Å². The third-order valence-corrected chi connectivity index (χ3v) is 4.12. The monoisotopic (exact) mass is 400 g/mol. The van der Waals surface area contributed by atoms with Crippen molar-refractivity contribution in [2.45, 2.75) is 13.5 Å². The van der Waals surface area contributed by atoms with Crippen molar-refractivity contribution >= 4 is 37.8 Å². The summed E-state index contributed by atoms with van der Waals surface area (Å²) in [5.41, 5.74) is 0.823. The molecule has 1 heterocycles. The third-order valence-electron chi connectivity index (χ3n) is 2.83. The Balaban J connectivity index is 2.43. The summed E-state index contributed by atoms with van der Waals surface area (Å²) in [6, 6.07) is 4.71. The Labute approximate surface area is 131 Å². The first-order chi connectivity index (χ1) is 9.40. The van der Waals surface area contributed by atoms with E-state index in [9.17, 15) is 9.59 Å². The topological polar surface area (TPSA) is 72.2 Å². The van der Waals surface area contributed by atoms with Gasteiger partial charge in [0.1, 0.15) is 10.3 Å². The van der Waals surface area contributed by atoms with Gasteiger partial charge in [-0.05, 0) is 40.5 Å². The Morgan fingerprint density at radius 2 is 2.05 bits per heavy atom. The number of hydrogen-bond acceptors (Lipinski definition) is 3. The summed E-state index contributed by atoms with van der Waals surface area (Å²) in [6.45, 7) is 2.06. The molecule has 1 N–H and O–H groups in total. The van der Waals surface area contributed by atoms with E-state index in [0.717, 1.165) is 5.56 Å². The maximum absolute atomic E-state index is 12.0.